The maximum Gasteiger partial charge on any atom is 0.0700 e. The quantitative estimate of drug-likeness (QED) is 0.0934. The van der Waals surface area contributed by atoms with Crippen molar-refractivity contribution in [2.45, 2.75) is 0 Å². The summed E-state index contributed by atoms with van der Waals surface area (Å²) < 4.78 is 45.7. The first-order chi connectivity index (χ1) is 16.7. The summed E-state index contributed by atoms with van der Waals surface area (Å²) in [6.45, 7) is 8.19. The summed E-state index contributed by atoms with van der Waals surface area (Å²) in [5.41, 5.74) is -0.476. The number of hydrogen-bond donors (Lipinski definition) is 3. The zero-order valence-corrected chi connectivity index (χ0v) is 24.2. The molecule has 0 amide bonds. The van der Waals surface area contributed by atoms with E-state index in [9.17, 15) is 0 Å². The molecule has 0 fully saturated rings. The van der Waals surface area contributed by atoms with Gasteiger partial charge in [0.25, 0.3) is 0 Å². The van der Waals surface area contributed by atoms with Gasteiger partial charge in [-0.15, -0.1) is 0 Å². The van der Waals surface area contributed by atoms with Gasteiger partial charge >= 0.3 is 0 Å². The Morgan fingerprint density at radius 3 is 1.03 bits per heavy atom. The molecule has 0 bridgehead atoms. The third-order valence-electron chi connectivity index (χ3n) is 4.26. The molecule has 0 atom stereocenters. The van der Waals surface area contributed by atoms with Gasteiger partial charge in [-0.25, -0.2) is 0 Å². The molecular formula is C22H46O8S4. The Kier molecular flexibility index (Phi) is 29.6. The molecule has 0 unspecified atom stereocenters. The predicted molar refractivity (Wildman–Crippen MR) is 149 cm³/mol. The first-order valence-electron chi connectivity index (χ1n) is 11.7. The van der Waals surface area contributed by atoms with E-state index < -0.39 is 5.41 Å². The SMILES string of the molecule is CSCCOCCOCC(COCCOCCS)(COCCOCCS)COCCOCCS. The Balaban J connectivity index is 4.74. The van der Waals surface area contributed by atoms with E-state index in [0.717, 1.165) is 12.4 Å². The highest BCUT2D eigenvalue weighted by Gasteiger charge is 2.32. The van der Waals surface area contributed by atoms with E-state index in [4.69, 9.17) is 37.9 Å². The third-order valence-corrected chi connectivity index (χ3v) is 5.38. The van der Waals surface area contributed by atoms with E-state index in [2.05, 4.69) is 44.1 Å². The lowest BCUT2D eigenvalue weighted by molar-refractivity contribution is -0.120. The van der Waals surface area contributed by atoms with Gasteiger partial charge in [0.1, 0.15) is 0 Å². The van der Waals surface area contributed by atoms with Gasteiger partial charge in [-0.1, -0.05) is 0 Å². The lowest BCUT2D eigenvalue weighted by atomic mass is 9.92. The summed E-state index contributed by atoms with van der Waals surface area (Å²) in [4.78, 5) is 0. The second-order valence-electron chi connectivity index (χ2n) is 7.32. The molecule has 0 aromatic heterocycles. The molecular weight excluding hydrogens is 521 g/mol. The molecule has 206 valence electrons. The standard InChI is InChI=1S/C22H46O8S4/c1-34-17-13-26-5-9-30-21-22(18-27-6-2-23-10-14-31,19-28-7-3-24-11-15-32)20-29-8-4-25-12-16-33/h31-33H,2-21H2,1H3. The molecule has 0 N–H and O–H groups in total. The van der Waals surface area contributed by atoms with Crippen molar-refractivity contribution in [3.8, 4) is 0 Å². The van der Waals surface area contributed by atoms with E-state index in [1.807, 2.05) is 0 Å². The van der Waals surface area contributed by atoms with Crippen LogP contribution in [-0.4, -0.2) is 135 Å². The summed E-state index contributed by atoms with van der Waals surface area (Å²) in [6, 6.07) is 0. The molecule has 0 saturated heterocycles. The molecule has 0 aromatic rings. The summed E-state index contributed by atoms with van der Waals surface area (Å²) in [5, 5.41) is 0. The van der Waals surface area contributed by atoms with Crippen LogP contribution in [0.25, 0.3) is 0 Å². The van der Waals surface area contributed by atoms with Crippen LogP contribution in [0.4, 0.5) is 0 Å². The fourth-order valence-electron chi connectivity index (χ4n) is 2.62. The summed E-state index contributed by atoms with van der Waals surface area (Å²) in [6.07, 6.45) is 2.06. The van der Waals surface area contributed by atoms with Crippen molar-refractivity contribution in [2.24, 2.45) is 5.41 Å². The van der Waals surface area contributed by atoms with Crippen LogP contribution in [-0.2, 0) is 37.9 Å². The zero-order valence-electron chi connectivity index (χ0n) is 20.7. The minimum atomic E-state index is -0.476. The molecule has 34 heavy (non-hydrogen) atoms. The van der Waals surface area contributed by atoms with E-state index in [1.54, 1.807) is 11.8 Å². The fraction of sp³-hybridized carbons (Fsp3) is 1.00. The number of rotatable bonds is 29. The number of thioether (sulfide) groups is 1. The van der Waals surface area contributed by atoms with Crippen LogP contribution in [0.5, 0.6) is 0 Å². The molecule has 0 spiro atoms. The van der Waals surface area contributed by atoms with Crippen molar-refractivity contribution in [2.75, 3.05) is 135 Å². The van der Waals surface area contributed by atoms with Crippen LogP contribution in [0.1, 0.15) is 0 Å². The van der Waals surface area contributed by atoms with Gasteiger partial charge in [0, 0.05) is 23.0 Å². The molecule has 8 nitrogen and oxygen atoms in total. The number of ether oxygens (including phenoxy) is 8. The van der Waals surface area contributed by atoms with E-state index in [0.29, 0.717) is 116 Å². The molecule has 0 aliphatic carbocycles. The van der Waals surface area contributed by atoms with Crippen molar-refractivity contribution < 1.29 is 37.9 Å². The molecule has 0 aliphatic heterocycles. The molecule has 0 aliphatic rings. The normalized spacial score (nSPS) is 12.0. The van der Waals surface area contributed by atoms with E-state index in [1.165, 1.54) is 0 Å². The minimum absolute atomic E-state index is 0.416. The predicted octanol–water partition coefficient (Wildman–Crippen LogP) is 2.26. The average molecular weight is 567 g/mol. The Labute approximate surface area is 227 Å². The van der Waals surface area contributed by atoms with E-state index in [-0.39, 0.29) is 0 Å². The first kappa shape index (κ1) is 35.1. The van der Waals surface area contributed by atoms with Gasteiger partial charge in [0.05, 0.1) is 111 Å². The maximum absolute atomic E-state index is 5.97. The maximum atomic E-state index is 5.97. The lowest BCUT2D eigenvalue weighted by Crippen LogP contribution is -2.43. The highest BCUT2D eigenvalue weighted by molar-refractivity contribution is 7.98. The van der Waals surface area contributed by atoms with Crippen molar-refractivity contribution in [1.82, 2.24) is 0 Å². The van der Waals surface area contributed by atoms with Crippen LogP contribution in [0.2, 0.25) is 0 Å². The van der Waals surface area contributed by atoms with Gasteiger partial charge in [-0.05, 0) is 6.26 Å². The molecule has 0 radical (unpaired) electrons. The van der Waals surface area contributed by atoms with Crippen molar-refractivity contribution in [1.29, 1.82) is 0 Å². The van der Waals surface area contributed by atoms with Crippen LogP contribution in [0, 0.1) is 5.41 Å². The van der Waals surface area contributed by atoms with Crippen LogP contribution in [0.3, 0.4) is 0 Å². The Hall–Kier alpha value is 1.08. The van der Waals surface area contributed by atoms with Crippen molar-refractivity contribution >= 4 is 49.6 Å². The largest absolute Gasteiger partial charge is 0.378 e. The smallest absolute Gasteiger partial charge is 0.0700 e. The third kappa shape index (κ3) is 23.5. The van der Waals surface area contributed by atoms with Crippen LogP contribution < -0.4 is 0 Å². The fourth-order valence-corrected chi connectivity index (χ4v) is 3.29. The number of thiol groups is 3. The Morgan fingerprint density at radius 2 is 0.735 bits per heavy atom. The highest BCUT2D eigenvalue weighted by atomic mass is 32.2. The van der Waals surface area contributed by atoms with E-state index >= 15 is 0 Å². The highest BCUT2D eigenvalue weighted by Crippen LogP contribution is 2.21. The minimum Gasteiger partial charge on any atom is -0.378 e. The molecule has 0 rings (SSSR count). The van der Waals surface area contributed by atoms with Gasteiger partial charge < -0.3 is 37.9 Å². The van der Waals surface area contributed by atoms with Crippen LogP contribution >= 0.6 is 49.6 Å². The van der Waals surface area contributed by atoms with Crippen LogP contribution in [0.15, 0.2) is 0 Å². The van der Waals surface area contributed by atoms with Crippen molar-refractivity contribution in [3.63, 3.8) is 0 Å². The summed E-state index contributed by atoms with van der Waals surface area (Å²) in [5.74, 6) is 3.02. The molecule has 0 saturated carbocycles. The summed E-state index contributed by atoms with van der Waals surface area (Å²) in [7, 11) is 0. The van der Waals surface area contributed by atoms with Crippen molar-refractivity contribution in [3.05, 3.63) is 0 Å². The van der Waals surface area contributed by atoms with Gasteiger partial charge in [0.2, 0.25) is 0 Å². The van der Waals surface area contributed by atoms with Gasteiger partial charge in [-0.3, -0.25) is 0 Å². The Bertz CT molecular complexity index is 359. The molecule has 12 heteroatoms. The molecule has 0 heterocycles. The van der Waals surface area contributed by atoms with Gasteiger partial charge in [0.15, 0.2) is 0 Å². The lowest BCUT2D eigenvalue weighted by Gasteiger charge is -2.33. The molecule has 0 aromatic carbocycles. The topological polar surface area (TPSA) is 73.8 Å². The second kappa shape index (κ2) is 28.6. The average Bonchev–Trinajstić information content (AvgIpc) is 2.85. The summed E-state index contributed by atoms with van der Waals surface area (Å²) >= 11 is 14.2. The first-order valence-corrected chi connectivity index (χ1v) is 15.0. The Morgan fingerprint density at radius 1 is 0.441 bits per heavy atom. The second-order valence-corrected chi connectivity index (χ2v) is 9.65. The van der Waals surface area contributed by atoms with Gasteiger partial charge in [-0.2, -0.15) is 49.6 Å². The number of hydrogen-bond acceptors (Lipinski definition) is 12. The zero-order chi connectivity index (χ0) is 25.0. The monoisotopic (exact) mass is 566 g/mol.